The van der Waals surface area contributed by atoms with Gasteiger partial charge in [-0.1, -0.05) is 25.8 Å². The van der Waals surface area contributed by atoms with E-state index in [0.717, 1.165) is 25.0 Å². The first kappa shape index (κ1) is 14.7. The lowest BCUT2D eigenvalue weighted by atomic mass is 9.94. The minimum atomic E-state index is 0.851. The molecule has 1 rings (SSSR count). The first-order chi connectivity index (χ1) is 8.31. The van der Waals surface area contributed by atoms with E-state index in [2.05, 4.69) is 18.4 Å². The average molecular weight is 238 g/mol. The van der Waals surface area contributed by atoms with Gasteiger partial charge in [0.2, 0.25) is 0 Å². The lowest BCUT2D eigenvalue weighted by Gasteiger charge is -2.22. The zero-order valence-electron chi connectivity index (χ0n) is 11.5. The smallest absolute Gasteiger partial charge is 0.0163 e. The van der Waals surface area contributed by atoms with Crippen LogP contribution in [0.25, 0.3) is 0 Å². The predicted molar refractivity (Wildman–Crippen MR) is 76.1 cm³/mol. The van der Waals surface area contributed by atoms with Crippen molar-refractivity contribution in [2.75, 3.05) is 19.6 Å². The molecule has 0 saturated heterocycles. The first-order valence-electron chi connectivity index (χ1n) is 7.36. The average Bonchev–Trinajstić information content (AvgIpc) is 3.12. The summed E-state index contributed by atoms with van der Waals surface area (Å²) in [7, 11) is 0. The summed E-state index contributed by atoms with van der Waals surface area (Å²) in [5.74, 6) is 0.856. The molecule has 1 atom stereocenters. The molecule has 0 amide bonds. The van der Waals surface area contributed by atoms with Crippen LogP contribution in [0.4, 0.5) is 0 Å². The van der Waals surface area contributed by atoms with Crippen molar-refractivity contribution < 1.29 is 0 Å². The standard InChI is InChI=1S/C15H30N2/c1-3-6-14(10-11-16)7-5-13-17(12-4-2)15-8-9-15/h4,14-15H,2-3,5-13,16H2,1H3. The fourth-order valence-corrected chi connectivity index (χ4v) is 2.69. The van der Waals surface area contributed by atoms with Gasteiger partial charge in [0.05, 0.1) is 0 Å². The Bertz CT molecular complexity index is 193. The van der Waals surface area contributed by atoms with E-state index in [1.165, 1.54) is 51.5 Å². The van der Waals surface area contributed by atoms with Crippen molar-refractivity contribution in [3.8, 4) is 0 Å². The zero-order chi connectivity index (χ0) is 12.5. The van der Waals surface area contributed by atoms with Gasteiger partial charge in [0.1, 0.15) is 0 Å². The van der Waals surface area contributed by atoms with Gasteiger partial charge in [-0.05, 0) is 51.1 Å². The van der Waals surface area contributed by atoms with E-state index in [1.807, 2.05) is 6.08 Å². The maximum atomic E-state index is 5.67. The van der Waals surface area contributed by atoms with Gasteiger partial charge in [0, 0.05) is 12.6 Å². The summed E-state index contributed by atoms with van der Waals surface area (Å²) in [6.45, 7) is 9.30. The van der Waals surface area contributed by atoms with Gasteiger partial charge in [-0.15, -0.1) is 6.58 Å². The second-order valence-electron chi connectivity index (χ2n) is 5.39. The van der Waals surface area contributed by atoms with Crippen molar-refractivity contribution in [3.63, 3.8) is 0 Å². The lowest BCUT2D eigenvalue weighted by Crippen LogP contribution is -2.27. The number of nitrogens with zero attached hydrogens (tertiary/aromatic N) is 1. The van der Waals surface area contributed by atoms with Gasteiger partial charge in [0.25, 0.3) is 0 Å². The monoisotopic (exact) mass is 238 g/mol. The highest BCUT2D eigenvalue weighted by atomic mass is 15.2. The van der Waals surface area contributed by atoms with E-state index in [-0.39, 0.29) is 0 Å². The van der Waals surface area contributed by atoms with Crippen molar-refractivity contribution in [1.82, 2.24) is 4.90 Å². The highest BCUT2D eigenvalue weighted by molar-refractivity contribution is 4.88. The molecule has 2 nitrogen and oxygen atoms in total. The van der Waals surface area contributed by atoms with E-state index in [9.17, 15) is 0 Å². The van der Waals surface area contributed by atoms with Crippen molar-refractivity contribution in [2.24, 2.45) is 11.7 Å². The summed E-state index contributed by atoms with van der Waals surface area (Å²) in [4.78, 5) is 2.60. The second kappa shape index (κ2) is 8.71. The molecule has 0 aromatic carbocycles. The molecular weight excluding hydrogens is 208 g/mol. The van der Waals surface area contributed by atoms with Crippen molar-refractivity contribution in [3.05, 3.63) is 12.7 Å². The molecule has 17 heavy (non-hydrogen) atoms. The molecule has 100 valence electrons. The minimum absolute atomic E-state index is 0.851. The van der Waals surface area contributed by atoms with Crippen LogP contribution in [0.15, 0.2) is 12.7 Å². The third kappa shape index (κ3) is 6.23. The number of hydrogen-bond acceptors (Lipinski definition) is 2. The fraction of sp³-hybridized carbons (Fsp3) is 0.867. The van der Waals surface area contributed by atoms with Gasteiger partial charge >= 0.3 is 0 Å². The lowest BCUT2D eigenvalue weighted by molar-refractivity contribution is 0.271. The van der Waals surface area contributed by atoms with Crippen LogP contribution >= 0.6 is 0 Å². The summed E-state index contributed by atoms with van der Waals surface area (Å²) in [5.41, 5.74) is 5.67. The van der Waals surface area contributed by atoms with E-state index >= 15 is 0 Å². The van der Waals surface area contributed by atoms with E-state index in [1.54, 1.807) is 0 Å². The Kier molecular flexibility index (Phi) is 7.54. The third-order valence-corrected chi connectivity index (χ3v) is 3.76. The minimum Gasteiger partial charge on any atom is -0.330 e. The Morgan fingerprint density at radius 2 is 2.12 bits per heavy atom. The summed E-state index contributed by atoms with van der Waals surface area (Å²) >= 11 is 0. The van der Waals surface area contributed by atoms with Crippen LogP contribution in [0, 0.1) is 5.92 Å². The SMILES string of the molecule is C=CCN(CCCC(CCC)CCN)C1CC1. The van der Waals surface area contributed by atoms with E-state index in [4.69, 9.17) is 5.73 Å². The van der Waals surface area contributed by atoms with Crippen molar-refractivity contribution >= 4 is 0 Å². The molecule has 2 N–H and O–H groups in total. The molecular formula is C15H30N2. The summed E-state index contributed by atoms with van der Waals surface area (Å²) in [6.07, 6.45) is 11.4. The maximum Gasteiger partial charge on any atom is 0.0163 e. The van der Waals surface area contributed by atoms with Crippen LogP contribution in [0.5, 0.6) is 0 Å². The van der Waals surface area contributed by atoms with Crippen LogP contribution in [-0.4, -0.2) is 30.6 Å². The number of hydrogen-bond donors (Lipinski definition) is 1. The summed E-state index contributed by atoms with van der Waals surface area (Å²) in [6, 6.07) is 0.868. The van der Waals surface area contributed by atoms with Gasteiger partial charge in [-0.25, -0.2) is 0 Å². The van der Waals surface area contributed by atoms with Gasteiger partial charge in [-0.2, -0.15) is 0 Å². The molecule has 1 aliphatic carbocycles. The molecule has 1 saturated carbocycles. The fourth-order valence-electron chi connectivity index (χ4n) is 2.69. The number of rotatable bonds is 11. The summed E-state index contributed by atoms with van der Waals surface area (Å²) < 4.78 is 0. The van der Waals surface area contributed by atoms with Crippen molar-refractivity contribution in [1.29, 1.82) is 0 Å². The van der Waals surface area contributed by atoms with Gasteiger partial charge < -0.3 is 5.73 Å². The molecule has 0 bridgehead atoms. The normalized spacial score (nSPS) is 17.4. The molecule has 0 aromatic rings. The summed E-state index contributed by atoms with van der Waals surface area (Å²) in [5, 5.41) is 0. The Balaban J connectivity index is 2.15. The Labute approximate surface area is 107 Å². The van der Waals surface area contributed by atoms with Crippen LogP contribution in [0.1, 0.15) is 51.9 Å². The number of nitrogens with two attached hydrogens (primary N) is 1. The molecule has 1 fully saturated rings. The first-order valence-corrected chi connectivity index (χ1v) is 7.36. The van der Waals surface area contributed by atoms with Crippen LogP contribution in [0.2, 0.25) is 0 Å². The predicted octanol–water partition coefficient (Wildman–Crippen LogP) is 3.18. The molecule has 0 radical (unpaired) electrons. The maximum absolute atomic E-state index is 5.67. The Morgan fingerprint density at radius 3 is 2.65 bits per heavy atom. The molecule has 0 spiro atoms. The van der Waals surface area contributed by atoms with Crippen LogP contribution in [-0.2, 0) is 0 Å². The molecule has 1 unspecified atom stereocenters. The Hall–Kier alpha value is -0.340. The molecule has 2 heteroatoms. The third-order valence-electron chi connectivity index (χ3n) is 3.76. The molecule has 0 aromatic heterocycles. The largest absolute Gasteiger partial charge is 0.330 e. The molecule has 0 aliphatic heterocycles. The van der Waals surface area contributed by atoms with E-state index < -0.39 is 0 Å². The molecule has 1 aliphatic rings. The Morgan fingerprint density at radius 1 is 1.35 bits per heavy atom. The van der Waals surface area contributed by atoms with Crippen LogP contribution < -0.4 is 5.73 Å². The topological polar surface area (TPSA) is 29.3 Å². The quantitative estimate of drug-likeness (QED) is 0.560. The second-order valence-corrected chi connectivity index (χ2v) is 5.39. The van der Waals surface area contributed by atoms with Gasteiger partial charge in [0.15, 0.2) is 0 Å². The van der Waals surface area contributed by atoms with Crippen molar-refractivity contribution in [2.45, 2.75) is 57.9 Å². The highest BCUT2D eigenvalue weighted by Gasteiger charge is 2.27. The van der Waals surface area contributed by atoms with Crippen LogP contribution in [0.3, 0.4) is 0 Å². The highest BCUT2D eigenvalue weighted by Crippen LogP contribution is 2.27. The van der Waals surface area contributed by atoms with E-state index in [0.29, 0.717) is 0 Å². The van der Waals surface area contributed by atoms with Gasteiger partial charge in [-0.3, -0.25) is 4.90 Å². The zero-order valence-corrected chi connectivity index (χ0v) is 11.5. The molecule has 0 heterocycles.